The van der Waals surface area contributed by atoms with E-state index in [1.165, 1.54) is 0 Å². The topological polar surface area (TPSA) is 146 Å². The van der Waals surface area contributed by atoms with Crippen LogP contribution in [0.15, 0.2) is 0 Å². The van der Waals surface area contributed by atoms with E-state index in [2.05, 4.69) is 25.8 Å². The maximum Gasteiger partial charge on any atom is 0.325 e. The molecule has 2 heterocycles. The predicted molar refractivity (Wildman–Crippen MR) is 85.4 cm³/mol. The van der Waals surface area contributed by atoms with Gasteiger partial charge in [-0.2, -0.15) is 4.98 Å². The Morgan fingerprint density at radius 1 is 1.42 bits per heavy atom. The van der Waals surface area contributed by atoms with Crippen LogP contribution in [0.4, 0.5) is 10.7 Å². The number of amides is 4. The maximum atomic E-state index is 12.5. The fourth-order valence-electron chi connectivity index (χ4n) is 2.41. The number of aromatic amines is 1. The van der Waals surface area contributed by atoms with Gasteiger partial charge in [0, 0.05) is 0 Å². The summed E-state index contributed by atoms with van der Waals surface area (Å²) in [5, 5.41) is 11.4. The number of imide groups is 1. The van der Waals surface area contributed by atoms with Crippen LogP contribution in [-0.2, 0) is 16.1 Å². The zero-order chi connectivity index (χ0) is 17.9. The molecule has 0 aromatic carbocycles. The molecule has 5 N–H and O–H groups in total. The molecule has 1 unspecified atom stereocenters. The smallest absolute Gasteiger partial charge is 0.325 e. The lowest BCUT2D eigenvalue weighted by molar-refractivity contribution is -0.134. The second-order valence-corrected chi connectivity index (χ2v) is 6.50. The molecule has 24 heavy (non-hydrogen) atoms. The maximum absolute atomic E-state index is 12.5. The number of urea groups is 1. The van der Waals surface area contributed by atoms with Crippen LogP contribution in [0, 0.1) is 5.92 Å². The van der Waals surface area contributed by atoms with Crippen LogP contribution in [0.25, 0.3) is 0 Å². The Kier molecular flexibility index (Phi) is 5.05. The van der Waals surface area contributed by atoms with E-state index in [-0.39, 0.29) is 24.9 Å². The normalized spacial score (nSPS) is 20.6. The molecule has 0 aliphatic carbocycles. The number of carbonyl (C=O) groups excluding carboxylic acids is 3. The van der Waals surface area contributed by atoms with Gasteiger partial charge >= 0.3 is 6.03 Å². The number of rotatable bonds is 7. The molecule has 0 spiro atoms. The molecule has 10 heteroatoms. The first-order valence-corrected chi connectivity index (χ1v) is 7.79. The zero-order valence-corrected chi connectivity index (χ0v) is 14.0. The molecule has 4 amide bonds. The molecule has 1 aliphatic rings. The van der Waals surface area contributed by atoms with Gasteiger partial charge in [-0.25, -0.2) is 4.79 Å². The minimum absolute atomic E-state index is 0.0780. The Bertz CT molecular complexity index is 642. The predicted octanol–water partition coefficient (Wildman–Crippen LogP) is -0.250. The third-order valence-electron chi connectivity index (χ3n) is 3.87. The minimum Gasteiger partial charge on any atom is -0.367 e. The van der Waals surface area contributed by atoms with Crippen LogP contribution in [-0.4, -0.2) is 50.0 Å². The second-order valence-electron chi connectivity index (χ2n) is 6.50. The Morgan fingerprint density at radius 3 is 2.71 bits per heavy atom. The van der Waals surface area contributed by atoms with E-state index in [9.17, 15) is 14.4 Å². The van der Waals surface area contributed by atoms with Gasteiger partial charge in [-0.1, -0.05) is 13.8 Å². The third kappa shape index (κ3) is 4.00. The van der Waals surface area contributed by atoms with Crippen molar-refractivity contribution in [3.8, 4) is 0 Å². The van der Waals surface area contributed by atoms with Gasteiger partial charge in [-0.05, 0) is 25.7 Å². The first-order chi connectivity index (χ1) is 11.2. The van der Waals surface area contributed by atoms with Crippen molar-refractivity contribution < 1.29 is 14.4 Å². The van der Waals surface area contributed by atoms with Gasteiger partial charge in [0.25, 0.3) is 5.91 Å². The van der Waals surface area contributed by atoms with Crippen molar-refractivity contribution in [1.29, 1.82) is 0 Å². The summed E-state index contributed by atoms with van der Waals surface area (Å²) in [7, 11) is 0. The van der Waals surface area contributed by atoms with Gasteiger partial charge < -0.3 is 16.4 Å². The molecule has 0 saturated carbocycles. The summed E-state index contributed by atoms with van der Waals surface area (Å²) < 4.78 is 0. The van der Waals surface area contributed by atoms with Gasteiger partial charge in [-0.15, -0.1) is 5.10 Å². The van der Waals surface area contributed by atoms with Crippen molar-refractivity contribution in [3.05, 3.63) is 5.82 Å². The molecular formula is C14H23N7O3. The molecule has 1 aromatic rings. The fourth-order valence-corrected chi connectivity index (χ4v) is 2.41. The molecule has 2 rings (SSSR count). The number of anilines is 1. The molecule has 132 valence electrons. The van der Waals surface area contributed by atoms with Crippen molar-refractivity contribution in [2.24, 2.45) is 5.92 Å². The van der Waals surface area contributed by atoms with Crippen molar-refractivity contribution in [3.63, 3.8) is 0 Å². The number of nitrogen functional groups attached to an aromatic ring is 1. The largest absolute Gasteiger partial charge is 0.367 e. The summed E-state index contributed by atoms with van der Waals surface area (Å²) in [4.78, 5) is 41.3. The van der Waals surface area contributed by atoms with Gasteiger partial charge in [0.2, 0.25) is 11.9 Å². The van der Waals surface area contributed by atoms with Gasteiger partial charge in [0.1, 0.15) is 17.9 Å². The molecule has 0 bridgehead atoms. The summed E-state index contributed by atoms with van der Waals surface area (Å²) in [6.45, 7) is 5.52. The molecule has 1 fully saturated rings. The van der Waals surface area contributed by atoms with Gasteiger partial charge in [0.15, 0.2) is 0 Å². The monoisotopic (exact) mass is 337 g/mol. The molecule has 1 atom stereocenters. The number of hydrogen-bond donors (Lipinski definition) is 4. The van der Waals surface area contributed by atoms with E-state index in [1.54, 1.807) is 6.92 Å². The van der Waals surface area contributed by atoms with Crippen LogP contribution < -0.4 is 16.4 Å². The SMILES string of the molecule is CC(C)CCC1(C)NC(=O)N(CC(=O)NCc2nc(N)n[nH]2)C1=O. The summed E-state index contributed by atoms with van der Waals surface area (Å²) in [5.41, 5.74) is 4.40. The summed E-state index contributed by atoms with van der Waals surface area (Å²) >= 11 is 0. The second kappa shape index (κ2) is 6.85. The van der Waals surface area contributed by atoms with E-state index in [1.807, 2.05) is 13.8 Å². The van der Waals surface area contributed by atoms with Gasteiger partial charge in [0.05, 0.1) is 6.54 Å². The molecule has 1 saturated heterocycles. The van der Waals surface area contributed by atoms with Crippen molar-refractivity contribution in [2.45, 2.75) is 45.7 Å². The van der Waals surface area contributed by atoms with Crippen LogP contribution in [0.1, 0.15) is 39.4 Å². The van der Waals surface area contributed by atoms with E-state index < -0.39 is 17.5 Å². The number of nitrogens with two attached hydrogens (primary N) is 1. The quantitative estimate of drug-likeness (QED) is 0.505. The summed E-state index contributed by atoms with van der Waals surface area (Å²) in [6, 6.07) is -0.551. The van der Waals surface area contributed by atoms with E-state index in [4.69, 9.17) is 5.73 Å². The summed E-state index contributed by atoms with van der Waals surface area (Å²) in [5.74, 6) is 0.0288. The first kappa shape index (κ1) is 17.7. The Hall–Kier alpha value is -2.65. The van der Waals surface area contributed by atoms with Gasteiger partial charge in [-0.3, -0.25) is 19.6 Å². The van der Waals surface area contributed by atoms with Crippen LogP contribution >= 0.6 is 0 Å². The van der Waals surface area contributed by atoms with Crippen molar-refractivity contribution >= 4 is 23.8 Å². The molecule has 10 nitrogen and oxygen atoms in total. The van der Waals surface area contributed by atoms with Crippen molar-refractivity contribution in [2.75, 3.05) is 12.3 Å². The van der Waals surface area contributed by atoms with Crippen LogP contribution in [0.3, 0.4) is 0 Å². The highest BCUT2D eigenvalue weighted by Crippen LogP contribution is 2.24. The number of hydrogen-bond acceptors (Lipinski definition) is 6. The number of carbonyl (C=O) groups is 3. The molecule has 1 aromatic heterocycles. The number of nitrogens with one attached hydrogen (secondary N) is 3. The standard InChI is InChI=1S/C14H23N7O3/c1-8(2)4-5-14(3)11(23)21(13(24)18-14)7-10(22)16-6-9-17-12(15)20-19-9/h8H,4-7H2,1-3H3,(H,16,22)(H,18,24)(H3,15,17,19,20). The third-order valence-corrected chi connectivity index (χ3v) is 3.87. The highest BCUT2D eigenvalue weighted by atomic mass is 16.2. The number of aromatic nitrogens is 3. The van der Waals surface area contributed by atoms with Crippen molar-refractivity contribution in [1.82, 2.24) is 30.7 Å². The lowest BCUT2D eigenvalue weighted by Crippen LogP contribution is -2.45. The van der Waals surface area contributed by atoms with Crippen LogP contribution in [0.5, 0.6) is 0 Å². The Balaban J connectivity index is 1.90. The molecular weight excluding hydrogens is 314 g/mol. The average Bonchev–Trinajstić information content (AvgIpc) is 3.01. The summed E-state index contributed by atoms with van der Waals surface area (Å²) in [6.07, 6.45) is 1.33. The lowest BCUT2D eigenvalue weighted by Gasteiger charge is -2.22. The molecule has 0 radical (unpaired) electrons. The highest BCUT2D eigenvalue weighted by Gasteiger charge is 2.47. The first-order valence-electron chi connectivity index (χ1n) is 7.79. The lowest BCUT2D eigenvalue weighted by atomic mass is 9.92. The number of nitrogens with zero attached hydrogens (tertiary/aromatic N) is 3. The Labute approximate surface area is 139 Å². The van der Waals surface area contributed by atoms with E-state index in [0.717, 1.165) is 11.3 Å². The Morgan fingerprint density at radius 2 is 2.12 bits per heavy atom. The zero-order valence-electron chi connectivity index (χ0n) is 14.0. The molecule has 1 aliphatic heterocycles. The number of H-pyrrole nitrogens is 1. The highest BCUT2D eigenvalue weighted by molar-refractivity contribution is 6.08. The average molecular weight is 337 g/mol. The fraction of sp³-hybridized carbons (Fsp3) is 0.643. The minimum atomic E-state index is -0.957. The van der Waals surface area contributed by atoms with E-state index in [0.29, 0.717) is 18.2 Å². The van der Waals surface area contributed by atoms with E-state index >= 15 is 0 Å². The van der Waals surface area contributed by atoms with Crippen LogP contribution in [0.2, 0.25) is 0 Å².